The molecule has 0 saturated heterocycles. The maximum Gasteiger partial charge on any atom is 0.248 e. The van der Waals surface area contributed by atoms with Gasteiger partial charge in [0.25, 0.3) is 0 Å². The van der Waals surface area contributed by atoms with Crippen LogP contribution in [0.1, 0.15) is 21.5 Å². The Morgan fingerprint density at radius 3 is 2.18 bits per heavy atom. The van der Waals surface area contributed by atoms with E-state index in [1.807, 2.05) is 36.4 Å². The summed E-state index contributed by atoms with van der Waals surface area (Å²) in [6.45, 7) is 0.235. The molecule has 7 nitrogen and oxygen atoms in total. The van der Waals surface area contributed by atoms with Crippen LogP contribution < -0.4 is 16.4 Å². The molecule has 0 aliphatic carbocycles. The monoisotopic (exact) mass is 437 g/mol. The number of hydrogen-bond donors (Lipinski definition) is 2. The van der Waals surface area contributed by atoms with Crippen LogP contribution in [-0.2, 0) is 17.8 Å². The number of carbonyl (C=O) groups is 2. The molecule has 0 spiro atoms. The van der Waals surface area contributed by atoms with Crippen LogP contribution in [0.15, 0.2) is 91.3 Å². The van der Waals surface area contributed by atoms with E-state index in [-0.39, 0.29) is 18.9 Å². The average molecular weight is 438 g/mol. The molecule has 4 N–H and O–H groups in total. The van der Waals surface area contributed by atoms with Crippen molar-refractivity contribution in [3.8, 4) is 11.3 Å². The summed E-state index contributed by atoms with van der Waals surface area (Å²) < 4.78 is 0. The predicted molar refractivity (Wildman–Crippen MR) is 128 cm³/mol. The third kappa shape index (κ3) is 5.22. The number of nitrogen functional groups attached to an aromatic ring is 1. The van der Waals surface area contributed by atoms with Crippen LogP contribution in [0.2, 0.25) is 0 Å². The maximum atomic E-state index is 13.4. The molecule has 0 bridgehead atoms. The molecule has 2 heterocycles. The van der Waals surface area contributed by atoms with Crippen molar-refractivity contribution in [1.29, 1.82) is 0 Å². The van der Waals surface area contributed by atoms with Crippen molar-refractivity contribution in [1.82, 2.24) is 9.97 Å². The molecule has 0 aliphatic rings. The minimum atomic E-state index is -0.506. The van der Waals surface area contributed by atoms with Crippen LogP contribution >= 0.6 is 0 Å². The second kappa shape index (κ2) is 9.74. The van der Waals surface area contributed by atoms with Gasteiger partial charge in [-0.25, -0.2) is 4.98 Å². The van der Waals surface area contributed by atoms with Crippen molar-refractivity contribution in [2.75, 3.05) is 10.6 Å². The molecule has 0 unspecified atom stereocenters. The van der Waals surface area contributed by atoms with Gasteiger partial charge in [-0.1, -0.05) is 42.5 Å². The molecule has 164 valence electrons. The van der Waals surface area contributed by atoms with Gasteiger partial charge in [-0.2, -0.15) is 0 Å². The Labute approximate surface area is 191 Å². The first-order valence-electron chi connectivity index (χ1n) is 10.4. The average Bonchev–Trinajstić information content (AvgIpc) is 2.84. The summed E-state index contributed by atoms with van der Waals surface area (Å²) in [5, 5.41) is 0. The number of hydrogen-bond acceptors (Lipinski definition) is 5. The number of nitrogens with two attached hydrogens (primary N) is 2. The molecule has 2 aromatic heterocycles. The molecule has 0 radical (unpaired) electrons. The molecular formula is C26H23N5O2. The molecule has 0 saturated carbocycles. The normalized spacial score (nSPS) is 10.5. The highest BCUT2D eigenvalue weighted by Gasteiger charge is 2.21. The highest BCUT2D eigenvalue weighted by molar-refractivity contribution is 5.97. The van der Waals surface area contributed by atoms with Gasteiger partial charge in [-0.05, 0) is 47.5 Å². The van der Waals surface area contributed by atoms with E-state index in [4.69, 9.17) is 16.5 Å². The summed E-state index contributed by atoms with van der Waals surface area (Å²) in [5.41, 5.74) is 15.7. The topological polar surface area (TPSA) is 115 Å². The van der Waals surface area contributed by atoms with Gasteiger partial charge in [0.15, 0.2) is 5.82 Å². The Morgan fingerprint density at radius 2 is 1.52 bits per heavy atom. The Balaban J connectivity index is 1.71. The van der Waals surface area contributed by atoms with Crippen molar-refractivity contribution >= 4 is 23.3 Å². The first-order chi connectivity index (χ1) is 16.0. The van der Waals surface area contributed by atoms with Crippen molar-refractivity contribution < 1.29 is 9.59 Å². The van der Waals surface area contributed by atoms with E-state index < -0.39 is 5.91 Å². The fourth-order valence-corrected chi connectivity index (χ4v) is 3.45. The van der Waals surface area contributed by atoms with Gasteiger partial charge >= 0.3 is 0 Å². The first kappa shape index (κ1) is 21.7. The minimum Gasteiger partial charge on any atom is -0.396 e. The number of nitrogens with zero attached hydrogens (tertiary/aromatic N) is 3. The fraction of sp³-hybridized carbons (Fsp3) is 0.0769. The number of benzene rings is 2. The Hall–Kier alpha value is -4.52. The molecule has 0 aliphatic heterocycles. The van der Waals surface area contributed by atoms with E-state index in [0.717, 1.165) is 16.7 Å². The fourth-order valence-electron chi connectivity index (χ4n) is 3.45. The van der Waals surface area contributed by atoms with Gasteiger partial charge < -0.3 is 11.5 Å². The highest BCUT2D eigenvalue weighted by atomic mass is 16.2. The van der Waals surface area contributed by atoms with Crippen LogP contribution in [0.4, 0.5) is 11.5 Å². The van der Waals surface area contributed by atoms with Gasteiger partial charge in [0.05, 0.1) is 24.3 Å². The number of aromatic nitrogens is 2. The summed E-state index contributed by atoms with van der Waals surface area (Å²) >= 11 is 0. The number of pyridine rings is 2. The van der Waals surface area contributed by atoms with Crippen molar-refractivity contribution in [3.63, 3.8) is 0 Å². The van der Waals surface area contributed by atoms with Crippen molar-refractivity contribution in [2.45, 2.75) is 13.0 Å². The summed E-state index contributed by atoms with van der Waals surface area (Å²) in [4.78, 5) is 35.2. The van der Waals surface area contributed by atoms with E-state index in [2.05, 4.69) is 4.98 Å². The SMILES string of the molecule is NC(=O)c1ccc(CN(C(=O)Cc2ccncc2)c2nc(-c3ccccc3)ccc2N)cc1. The molecule has 2 amide bonds. The Kier molecular flexibility index (Phi) is 6.40. The largest absolute Gasteiger partial charge is 0.396 e. The number of carbonyl (C=O) groups excluding carboxylic acids is 2. The molecule has 2 aromatic carbocycles. The quantitative estimate of drug-likeness (QED) is 0.458. The number of amides is 2. The second-order valence-corrected chi connectivity index (χ2v) is 7.55. The number of anilines is 2. The zero-order valence-corrected chi connectivity index (χ0v) is 17.9. The van der Waals surface area contributed by atoms with E-state index in [0.29, 0.717) is 22.8 Å². The van der Waals surface area contributed by atoms with Crippen LogP contribution in [0.5, 0.6) is 0 Å². The van der Waals surface area contributed by atoms with Gasteiger partial charge in [-0.15, -0.1) is 0 Å². The second-order valence-electron chi connectivity index (χ2n) is 7.55. The number of primary amides is 1. The number of rotatable bonds is 7. The molecule has 4 aromatic rings. The van der Waals surface area contributed by atoms with Crippen LogP contribution in [0, 0.1) is 0 Å². The van der Waals surface area contributed by atoms with Gasteiger partial charge in [-0.3, -0.25) is 19.5 Å². The zero-order chi connectivity index (χ0) is 23.2. The molecule has 0 atom stereocenters. The third-order valence-corrected chi connectivity index (χ3v) is 5.22. The van der Waals surface area contributed by atoms with E-state index in [1.165, 1.54) is 0 Å². The smallest absolute Gasteiger partial charge is 0.248 e. The molecule has 33 heavy (non-hydrogen) atoms. The van der Waals surface area contributed by atoms with Gasteiger partial charge in [0, 0.05) is 23.5 Å². The van der Waals surface area contributed by atoms with E-state index in [1.54, 1.807) is 59.8 Å². The maximum absolute atomic E-state index is 13.4. The lowest BCUT2D eigenvalue weighted by Gasteiger charge is -2.24. The molecule has 0 fully saturated rings. The molecular weight excluding hydrogens is 414 g/mol. The summed E-state index contributed by atoms with van der Waals surface area (Å²) in [6.07, 6.45) is 3.47. The molecule has 7 heteroatoms. The minimum absolute atomic E-state index is 0.162. The third-order valence-electron chi connectivity index (χ3n) is 5.22. The van der Waals surface area contributed by atoms with Crippen LogP contribution in [0.25, 0.3) is 11.3 Å². The first-order valence-corrected chi connectivity index (χ1v) is 10.4. The standard InChI is InChI=1S/C26H23N5O2/c27-22-10-11-23(20-4-2-1-3-5-20)30-26(22)31(24(32)16-18-12-14-29-15-13-18)17-19-6-8-21(9-7-19)25(28)33/h1-15H,16-17,27H2,(H2,28,33). The van der Waals surface area contributed by atoms with E-state index in [9.17, 15) is 9.59 Å². The van der Waals surface area contributed by atoms with E-state index >= 15 is 0 Å². The highest BCUT2D eigenvalue weighted by Crippen LogP contribution is 2.28. The van der Waals surface area contributed by atoms with Crippen LogP contribution in [-0.4, -0.2) is 21.8 Å². The summed E-state index contributed by atoms with van der Waals surface area (Å²) in [5.74, 6) is -0.285. The predicted octanol–water partition coefficient (Wildman–Crippen LogP) is 3.60. The lowest BCUT2D eigenvalue weighted by Crippen LogP contribution is -2.33. The molecule has 4 rings (SSSR count). The van der Waals surface area contributed by atoms with Gasteiger partial charge in [0.1, 0.15) is 0 Å². The van der Waals surface area contributed by atoms with Crippen molar-refractivity contribution in [3.05, 3.63) is 108 Å². The Bertz CT molecular complexity index is 1260. The summed E-state index contributed by atoms with van der Waals surface area (Å²) in [6, 6.07) is 23.7. The Morgan fingerprint density at radius 1 is 0.818 bits per heavy atom. The lowest BCUT2D eigenvalue weighted by atomic mass is 10.1. The van der Waals surface area contributed by atoms with Crippen molar-refractivity contribution in [2.24, 2.45) is 5.73 Å². The summed E-state index contributed by atoms with van der Waals surface area (Å²) in [7, 11) is 0. The van der Waals surface area contributed by atoms with Gasteiger partial charge in [0.2, 0.25) is 11.8 Å². The van der Waals surface area contributed by atoms with Crippen LogP contribution in [0.3, 0.4) is 0 Å². The lowest BCUT2D eigenvalue weighted by molar-refractivity contribution is -0.118. The zero-order valence-electron chi connectivity index (χ0n) is 17.9.